The SMILES string of the molecule is CC(C)CN1CCN(CCNC(=O)CCOCCOCCOCCOCCN)CC1. The van der Waals surface area contributed by atoms with E-state index < -0.39 is 0 Å². The summed E-state index contributed by atoms with van der Waals surface area (Å²) in [5.41, 5.74) is 5.32. The highest BCUT2D eigenvalue weighted by Crippen LogP contribution is 2.04. The van der Waals surface area contributed by atoms with E-state index in [-0.39, 0.29) is 5.91 Å². The second kappa shape index (κ2) is 18.9. The molecule has 0 radical (unpaired) electrons. The molecule has 178 valence electrons. The average molecular weight is 433 g/mol. The van der Waals surface area contributed by atoms with Gasteiger partial charge >= 0.3 is 0 Å². The number of nitrogens with one attached hydrogen (secondary N) is 1. The van der Waals surface area contributed by atoms with Crippen molar-refractivity contribution in [2.24, 2.45) is 11.7 Å². The molecule has 9 nitrogen and oxygen atoms in total. The summed E-state index contributed by atoms with van der Waals surface area (Å²) in [6, 6.07) is 0. The van der Waals surface area contributed by atoms with Crippen molar-refractivity contribution in [2.75, 3.05) is 105 Å². The van der Waals surface area contributed by atoms with Crippen LogP contribution in [-0.2, 0) is 23.7 Å². The molecule has 1 saturated heterocycles. The van der Waals surface area contributed by atoms with E-state index in [1.54, 1.807) is 0 Å². The molecule has 0 aromatic rings. The lowest BCUT2D eigenvalue weighted by molar-refractivity contribution is -0.122. The summed E-state index contributed by atoms with van der Waals surface area (Å²) < 4.78 is 21.4. The third kappa shape index (κ3) is 16.0. The van der Waals surface area contributed by atoms with Gasteiger partial charge in [0.25, 0.3) is 0 Å². The van der Waals surface area contributed by atoms with Gasteiger partial charge in [0.15, 0.2) is 0 Å². The Morgan fingerprint density at radius 1 is 0.833 bits per heavy atom. The molecular weight excluding hydrogens is 388 g/mol. The van der Waals surface area contributed by atoms with Crippen LogP contribution in [0.3, 0.4) is 0 Å². The molecule has 1 aliphatic rings. The predicted molar refractivity (Wildman–Crippen MR) is 118 cm³/mol. The van der Waals surface area contributed by atoms with E-state index in [4.69, 9.17) is 24.7 Å². The van der Waals surface area contributed by atoms with Gasteiger partial charge in [-0.15, -0.1) is 0 Å². The van der Waals surface area contributed by atoms with Crippen molar-refractivity contribution in [3.63, 3.8) is 0 Å². The number of carbonyl (C=O) groups excluding carboxylic acids is 1. The van der Waals surface area contributed by atoms with Crippen LogP contribution in [0, 0.1) is 5.92 Å². The zero-order valence-electron chi connectivity index (χ0n) is 19.1. The number of amides is 1. The maximum atomic E-state index is 11.9. The number of piperazine rings is 1. The number of hydrogen-bond donors (Lipinski definition) is 2. The highest BCUT2D eigenvalue weighted by Gasteiger charge is 2.17. The second-order valence-corrected chi connectivity index (χ2v) is 7.87. The number of nitrogens with zero attached hydrogens (tertiary/aromatic N) is 2. The quantitative estimate of drug-likeness (QED) is 0.271. The molecular formula is C21H44N4O5. The van der Waals surface area contributed by atoms with Gasteiger partial charge in [-0.05, 0) is 5.92 Å². The monoisotopic (exact) mass is 432 g/mol. The molecule has 1 fully saturated rings. The second-order valence-electron chi connectivity index (χ2n) is 7.87. The molecule has 0 aromatic heterocycles. The first-order chi connectivity index (χ1) is 14.6. The van der Waals surface area contributed by atoms with Crippen molar-refractivity contribution in [2.45, 2.75) is 20.3 Å². The fraction of sp³-hybridized carbons (Fsp3) is 0.952. The summed E-state index contributed by atoms with van der Waals surface area (Å²) >= 11 is 0. The zero-order chi connectivity index (χ0) is 21.9. The van der Waals surface area contributed by atoms with E-state index in [2.05, 4.69) is 29.0 Å². The molecule has 0 aromatic carbocycles. The van der Waals surface area contributed by atoms with E-state index in [9.17, 15) is 4.79 Å². The third-order valence-corrected chi connectivity index (χ3v) is 4.69. The van der Waals surface area contributed by atoms with Crippen LogP contribution >= 0.6 is 0 Å². The van der Waals surface area contributed by atoms with Crippen LogP contribution in [0.25, 0.3) is 0 Å². The number of ether oxygens (including phenoxy) is 4. The first kappa shape index (κ1) is 27.2. The maximum Gasteiger partial charge on any atom is 0.222 e. The molecule has 9 heteroatoms. The van der Waals surface area contributed by atoms with Crippen molar-refractivity contribution in [1.29, 1.82) is 0 Å². The smallest absolute Gasteiger partial charge is 0.222 e. The van der Waals surface area contributed by atoms with Gasteiger partial charge < -0.3 is 34.9 Å². The van der Waals surface area contributed by atoms with E-state index in [1.165, 1.54) is 6.54 Å². The summed E-state index contributed by atoms with van der Waals surface area (Å²) in [7, 11) is 0. The summed E-state index contributed by atoms with van der Waals surface area (Å²) in [6.45, 7) is 16.3. The van der Waals surface area contributed by atoms with Crippen LogP contribution in [0.15, 0.2) is 0 Å². The lowest BCUT2D eigenvalue weighted by atomic mass is 10.2. The minimum absolute atomic E-state index is 0.0413. The highest BCUT2D eigenvalue weighted by atomic mass is 16.6. The summed E-state index contributed by atoms with van der Waals surface area (Å²) in [4.78, 5) is 16.8. The number of rotatable bonds is 19. The Labute approximate surface area is 182 Å². The van der Waals surface area contributed by atoms with Crippen molar-refractivity contribution in [3.8, 4) is 0 Å². The molecule has 0 saturated carbocycles. The minimum Gasteiger partial charge on any atom is -0.379 e. The number of carbonyl (C=O) groups is 1. The Hall–Kier alpha value is -0.810. The largest absolute Gasteiger partial charge is 0.379 e. The van der Waals surface area contributed by atoms with E-state index >= 15 is 0 Å². The third-order valence-electron chi connectivity index (χ3n) is 4.69. The van der Waals surface area contributed by atoms with E-state index in [0.717, 1.165) is 38.6 Å². The first-order valence-electron chi connectivity index (χ1n) is 11.3. The van der Waals surface area contributed by atoms with Gasteiger partial charge in [-0.1, -0.05) is 13.8 Å². The van der Waals surface area contributed by atoms with Crippen LogP contribution in [0.4, 0.5) is 0 Å². The fourth-order valence-electron chi connectivity index (χ4n) is 3.16. The molecule has 0 bridgehead atoms. The zero-order valence-corrected chi connectivity index (χ0v) is 19.1. The highest BCUT2D eigenvalue weighted by molar-refractivity contribution is 5.75. The van der Waals surface area contributed by atoms with E-state index in [0.29, 0.717) is 72.4 Å². The molecule has 0 spiro atoms. The summed E-state index contributed by atoms with van der Waals surface area (Å²) in [5, 5.41) is 2.98. The molecule has 0 unspecified atom stereocenters. The van der Waals surface area contributed by atoms with Crippen LogP contribution < -0.4 is 11.1 Å². The van der Waals surface area contributed by atoms with Gasteiger partial charge in [0.2, 0.25) is 5.91 Å². The van der Waals surface area contributed by atoms with Gasteiger partial charge in [0, 0.05) is 58.8 Å². The molecule has 1 amide bonds. The Morgan fingerprint density at radius 2 is 1.33 bits per heavy atom. The standard InChI is InChI=1S/C21H44N4O5/c1-20(2)19-25-9-7-24(8-10-25)6-5-23-21(26)3-11-27-13-15-29-17-18-30-16-14-28-12-4-22/h20H,3-19,22H2,1-2H3,(H,23,26). The maximum absolute atomic E-state index is 11.9. The molecule has 30 heavy (non-hydrogen) atoms. The van der Waals surface area contributed by atoms with Crippen LogP contribution in [0.1, 0.15) is 20.3 Å². The van der Waals surface area contributed by atoms with Crippen molar-refractivity contribution < 1.29 is 23.7 Å². The van der Waals surface area contributed by atoms with Crippen molar-refractivity contribution in [3.05, 3.63) is 0 Å². The lowest BCUT2D eigenvalue weighted by Crippen LogP contribution is -2.49. The molecule has 0 aliphatic carbocycles. The molecule has 1 aliphatic heterocycles. The Kier molecular flexibility index (Phi) is 17.2. The van der Waals surface area contributed by atoms with Crippen LogP contribution in [0.2, 0.25) is 0 Å². The van der Waals surface area contributed by atoms with Crippen LogP contribution in [0.5, 0.6) is 0 Å². The Bertz CT molecular complexity index is 407. The van der Waals surface area contributed by atoms with E-state index in [1.807, 2.05) is 0 Å². The average Bonchev–Trinajstić information content (AvgIpc) is 2.72. The van der Waals surface area contributed by atoms with Gasteiger partial charge in [-0.2, -0.15) is 0 Å². The topological polar surface area (TPSA) is 98.5 Å². The van der Waals surface area contributed by atoms with Gasteiger partial charge in [-0.25, -0.2) is 0 Å². The van der Waals surface area contributed by atoms with Crippen LogP contribution in [-0.4, -0.2) is 121 Å². The van der Waals surface area contributed by atoms with Gasteiger partial charge in [-0.3, -0.25) is 9.69 Å². The molecule has 1 heterocycles. The lowest BCUT2D eigenvalue weighted by Gasteiger charge is -2.35. The predicted octanol–water partition coefficient (Wildman–Crippen LogP) is -0.209. The Balaban J connectivity index is 1.82. The molecule has 3 N–H and O–H groups in total. The number of hydrogen-bond acceptors (Lipinski definition) is 8. The molecule has 0 atom stereocenters. The fourth-order valence-corrected chi connectivity index (χ4v) is 3.16. The number of nitrogens with two attached hydrogens (primary N) is 1. The van der Waals surface area contributed by atoms with Gasteiger partial charge in [0.1, 0.15) is 0 Å². The minimum atomic E-state index is 0.0413. The van der Waals surface area contributed by atoms with Crippen molar-refractivity contribution in [1.82, 2.24) is 15.1 Å². The van der Waals surface area contributed by atoms with Crippen molar-refractivity contribution >= 4 is 5.91 Å². The van der Waals surface area contributed by atoms with Gasteiger partial charge in [0.05, 0.1) is 52.9 Å². The molecule has 1 rings (SSSR count). The summed E-state index contributed by atoms with van der Waals surface area (Å²) in [5.74, 6) is 0.760. The normalized spacial score (nSPS) is 15.7. The Morgan fingerprint density at radius 3 is 1.87 bits per heavy atom. The first-order valence-corrected chi connectivity index (χ1v) is 11.3. The summed E-state index contributed by atoms with van der Waals surface area (Å²) in [6.07, 6.45) is 0.383.